The summed E-state index contributed by atoms with van der Waals surface area (Å²) in [5.41, 5.74) is 2.84. The van der Waals surface area contributed by atoms with Gasteiger partial charge in [-0.1, -0.05) is 36.4 Å². The van der Waals surface area contributed by atoms with Gasteiger partial charge >= 0.3 is 0 Å². The highest BCUT2D eigenvalue weighted by Gasteiger charge is 2.32. The minimum absolute atomic E-state index is 0.00301. The van der Waals surface area contributed by atoms with Crippen molar-refractivity contribution in [1.29, 1.82) is 0 Å². The molecule has 0 amide bonds. The van der Waals surface area contributed by atoms with E-state index in [4.69, 9.17) is 9.47 Å². The summed E-state index contributed by atoms with van der Waals surface area (Å²) in [6.07, 6.45) is 0. The zero-order chi connectivity index (χ0) is 23.4. The summed E-state index contributed by atoms with van der Waals surface area (Å²) in [5, 5.41) is 19.5. The van der Waals surface area contributed by atoms with Crippen molar-refractivity contribution in [2.45, 2.75) is 39.5 Å². The van der Waals surface area contributed by atoms with Crippen LogP contribution in [-0.2, 0) is 19.1 Å². The number of carbonyl (C=O) groups excluding carboxylic acids is 2. The Morgan fingerprint density at radius 3 is 1.38 bits per heavy atom. The number of Topliss-reactive ketones (excluding diaryl/α,β-unsaturated/α-hetero) is 2. The highest BCUT2D eigenvalue weighted by molar-refractivity contribution is 5.96. The number of hydrogen-bond donors (Lipinski definition) is 2. The Morgan fingerprint density at radius 2 is 1.06 bits per heavy atom. The SMILES string of the molecule is CC(=O)C1=C(C)OC[C@@H]1c1ccccc1O.CC(=O)C1=C(C)OC[C@H]1c1ccccc1O. The van der Waals surface area contributed by atoms with E-state index in [0.717, 1.165) is 11.1 Å². The van der Waals surface area contributed by atoms with E-state index in [1.165, 1.54) is 13.8 Å². The minimum Gasteiger partial charge on any atom is -0.508 e. The molecule has 2 aliphatic heterocycles. The van der Waals surface area contributed by atoms with E-state index in [0.29, 0.717) is 35.9 Å². The average molecular weight is 437 g/mol. The second-order valence-electron chi connectivity index (χ2n) is 7.90. The molecule has 0 unspecified atom stereocenters. The molecular weight excluding hydrogens is 408 g/mol. The van der Waals surface area contributed by atoms with Crippen LogP contribution in [0, 0.1) is 0 Å². The van der Waals surface area contributed by atoms with Crippen LogP contribution in [0.1, 0.15) is 50.7 Å². The molecule has 2 N–H and O–H groups in total. The molecule has 0 saturated carbocycles. The molecule has 2 aromatic carbocycles. The van der Waals surface area contributed by atoms with E-state index < -0.39 is 0 Å². The summed E-state index contributed by atoms with van der Waals surface area (Å²) in [5.74, 6) is 1.49. The third-order valence-electron chi connectivity index (χ3n) is 5.77. The fourth-order valence-corrected chi connectivity index (χ4v) is 4.27. The summed E-state index contributed by atoms with van der Waals surface area (Å²) in [7, 11) is 0. The van der Waals surface area contributed by atoms with E-state index in [1.54, 1.807) is 38.1 Å². The zero-order valence-corrected chi connectivity index (χ0v) is 18.7. The van der Waals surface area contributed by atoms with Crippen molar-refractivity contribution in [1.82, 2.24) is 0 Å². The van der Waals surface area contributed by atoms with Gasteiger partial charge in [0, 0.05) is 22.3 Å². The van der Waals surface area contributed by atoms with Crippen molar-refractivity contribution in [2.24, 2.45) is 0 Å². The maximum absolute atomic E-state index is 11.5. The average Bonchev–Trinajstić information content (AvgIpc) is 3.32. The predicted molar refractivity (Wildman–Crippen MR) is 120 cm³/mol. The van der Waals surface area contributed by atoms with E-state index >= 15 is 0 Å². The number of carbonyl (C=O) groups is 2. The van der Waals surface area contributed by atoms with Gasteiger partial charge in [0.2, 0.25) is 0 Å². The molecule has 32 heavy (non-hydrogen) atoms. The Bertz CT molecular complexity index is 1010. The van der Waals surface area contributed by atoms with Crippen LogP contribution in [-0.4, -0.2) is 35.0 Å². The maximum Gasteiger partial charge on any atom is 0.159 e. The van der Waals surface area contributed by atoms with Gasteiger partial charge in [-0.3, -0.25) is 9.59 Å². The fourth-order valence-electron chi connectivity index (χ4n) is 4.27. The molecule has 0 spiro atoms. The summed E-state index contributed by atoms with van der Waals surface area (Å²) >= 11 is 0. The molecule has 2 aromatic rings. The number of allylic oxidation sites excluding steroid dienone is 2. The van der Waals surface area contributed by atoms with Gasteiger partial charge in [0.05, 0.1) is 25.0 Å². The van der Waals surface area contributed by atoms with Crippen molar-refractivity contribution in [3.05, 3.63) is 82.3 Å². The number of ether oxygens (including phenoxy) is 2. The molecule has 2 aliphatic rings. The molecule has 0 bridgehead atoms. The Kier molecular flexibility index (Phi) is 7.03. The molecular formula is C26H28O6. The van der Waals surface area contributed by atoms with Gasteiger partial charge in [0.15, 0.2) is 11.6 Å². The molecule has 0 aromatic heterocycles. The summed E-state index contributed by atoms with van der Waals surface area (Å²) in [4.78, 5) is 23.1. The normalized spacial score (nSPS) is 19.8. The van der Waals surface area contributed by atoms with Crippen molar-refractivity contribution in [3.63, 3.8) is 0 Å². The lowest BCUT2D eigenvalue weighted by molar-refractivity contribution is -0.114. The van der Waals surface area contributed by atoms with Crippen molar-refractivity contribution < 1.29 is 29.3 Å². The molecule has 0 fully saturated rings. The van der Waals surface area contributed by atoms with Gasteiger partial charge in [-0.05, 0) is 39.8 Å². The highest BCUT2D eigenvalue weighted by atomic mass is 16.5. The van der Waals surface area contributed by atoms with Crippen LogP contribution < -0.4 is 0 Å². The second-order valence-corrected chi connectivity index (χ2v) is 7.90. The smallest absolute Gasteiger partial charge is 0.159 e. The van der Waals surface area contributed by atoms with Gasteiger partial charge in [0.25, 0.3) is 0 Å². The topological polar surface area (TPSA) is 93.1 Å². The zero-order valence-electron chi connectivity index (χ0n) is 18.7. The van der Waals surface area contributed by atoms with Crippen LogP contribution in [0.15, 0.2) is 71.2 Å². The molecule has 2 heterocycles. The third-order valence-corrected chi connectivity index (χ3v) is 5.77. The number of ketones is 2. The first kappa shape index (κ1) is 23.1. The van der Waals surface area contributed by atoms with Gasteiger partial charge < -0.3 is 19.7 Å². The minimum atomic E-state index is -0.140. The van der Waals surface area contributed by atoms with Gasteiger partial charge in [-0.15, -0.1) is 0 Å². The van der Waals surface area contributed by atoms with Crippen LogP contribution >= 0.6 is 0 Å². The number of para-hydroxylation sites is 2. The fraction of sp³-hybridized carbons (Fsp3) is 0.308. The summed E-state index contributed by atoms with van der Waals surface area (Å²) in [6.45, 7) is 7.49. The molecule has 0 aliphatic carbocycles. The summed E-state index contributed by atoms with van der Waals surface area (Å²) < 4.78 is 10.8. The lowest BCUT2D eigenvalue weighted by Gasteiger charge is -2.12. The Morgan fingerprint density at radius 1 is 0.719 bits per heavy atom. The van der Waals surface area contributed by atoms with E-state index in [-0.39, 0.29) is 34.9 Å². The number of aromatic hydroxyl groups is 2. The van der Waals surface area contributed by atoms with Crippen LogP contribution in [0.25, 0.3) is 0 Å². The highest BCUT2D eigenvalue weighted by Crippen LogP contribution is 2.39. The van der Waals surface area contributed by atoms with Crippen LogP contribution in [0.5, 0.6) is 11.5 Å². The van der Waals surface area contributed by atoms with E-state index in [1.807, 2.05) is 24.3 Å². The number of phenolic OH excluding ortho intramolecular Hbond substituents is 2. The Hall–Kier alpha value is -3.54. The first-order chi connectivity index (χ1) is 15.2. The number of hydrogen-bond acceptors (Lipinski definition) is 6. The lowest BCUT2D eigenvalue weighted by atomic mass is 9.90. The van der Waals surface area contributed by atoms with Crippen LogP contribution in [0.3, 0.4) is 0 Å². The van der Waals surface area contributed by atoms with E-state index in [2.05, 4.69) is 0 Å². The van der Waals surface area contributed by atoms with Crippen LogP contribution in [0.4, 0.5) is 0 Å². The summed E-state index contributed by atoms with van der Waals surface area (Å²) in [6, 6.07) is 14.1. The second kappa shape index (κ2) is 9.73. The van der Waals surface area contributed by atoms with Crippen molar-refractivity contribution >= 4 is 11.6 Å². The molecule has 168 valence electrons. The quantitative estimate of drug-likeness (QED) is 0.719. The van der Waals surface area contributed by atoms with Gasteiger partial charge in [-0.25, -0.2) is 0 Å². The third kappa shape index (κ3) is 4.69. The maximum atomic E-state index is 11.5. The predicted octanol–water partition coefficient (Wildman–Crippen LogP) is 4.74. The van der Waals surface area contributed by atoms with Gasteiger partial charge in [-0.2, -0.15) is 0 Å². The monoisotopic (exact) mass is 436 g/mol. The van der Waals surface area contributed by atoms with Crippen LogP contribution in [0.2, 0.25) is 0 Å². The Labute approximate surface area is 187 Å². The van der Waals surface area contributed by atoms with Crippen molar-refractivity contribution in [3.8, 4) is 11.5 Å². The molecule has 6 nitrogen and oxygen atoms in total. The molecule has 2 atom stereocenters. The van der Waals surface area contributed by atoms with E-state index in [9.17, 15) is 19.8 Å². The Balaban J connectivity index is 0.000000181. The van der Waals surface area contributed by atoms with Gasteiger partial charge in [0.1, 0.15) is 23.0 Å². The first-order valence-corrected chi connectivity index (χ1v) is 10.5. The van der Waals surface area contributed by atoms with Crippen molar-refractivity contribution in [2.75, 3.05) is 13.2 Å². The largest absolute Gasteiger partial charge is 0.508 e. The number of rotatable bonds is 4. The molecule has 0 saturated heterocycles. The molecule has 4 rings (SSSR count). The first-order valence-electron chi connectivity index (χ1n) is 10.5. The standard InChI is InChI=1S/2C13H14O3/c2*1-8(14)13-9(2)16-7-11(13)10-5-3-4-6-12(10)15/h2*3-6,11,15H,7H2,1-2H3/t2*11-/m10/s1. The lowest BCUT2D eigenvalue weighted by Crippen LogP contribution is -2.08. The molecule has 0 radical (unpaired) electrons. The number of phenols is 2. The number of benzene rings is 2. The molecule has 6 heteroatoms.